The third kappa shape index (κ3) is 2.50. The first kappa shape index (κ1) is 11.3. The van der Waals surface area contributed by atoms with Crippen LogP contribution in [0.2, 0.25) is 5.02 Å². The normalized spacial score (nSPS) is 23.0. The Morgan fingerprint density at radius 3 is 3.00 bits per heavy atom. The van der Waals surface area contributed by atoms with Crippen LogP contribution < -0.4 is 5.84 Å². The molecule has 1 aromatic rings. The van der Waals surface area contributed by atoms with Crippen LogP contribution in [0.3, 0.4) is 0 Å². The van der Waals surface area contributed by atoms with Crippen LogP contribution in [0.15, 0.2) is 16.9 Å². The van der Waals surface area contributed by atoms with E-state index in [2.05, 4.69) is 20.9 Å². The van der Waals surface area contributed by atoms with Crippen LogP contribution in [0, 0.1) is 0 Å². The van der Waals surface area contributed by atoms with Gasteiger partial charge in [-0.3, -0.25) is 5.84 Å². The monoisotopic (exact) mass is 289 g/mol. The van der Waals surface area contributed by atoms with E-state index >= 15 is 0 Å². The molecule has 1 atom stereocenters. The molecule has 0 aliphatic carbocycles. The second-order valence-corrected chi connectivity index (χ2v) is 4.95. The summed E-state index contributed by atoms with van der Waals surface area (Å²) in [7, 11) is 0. The zero-order valence-corrected chi connectivity index (χ0v) is 10.6. The first-order valence-corrected chi connectivity index (χ1v) is 6.18. The summed E-state index contributed by atoms with van der Waals surface area (Å²) in [6.45, 7) is 0.943. The van der Waals surface area contributed by atoms with Crippen LogP contribution in [-0.2, 0) is 0 Å². The molecule has 0 unspecified atom stereocenters. The van der Waals surface area contributed by atoms with Crippen molar-refractivity contribution >= 4 is 27.5 Å². The Morgan fingerprint density at radius 2 is 2.33 bits per heavy atom. The van der Waals surface area contributed by atoms with E-state index in [1.54, 1.807) is 0 Å². The van der Waals surface area contributed by atoms with E-state index in [9.17, 15) is 0 Å². The number of rotatable bonds is 1. The summed E-state index contributed by atoms with van der Waals surface area (Å²) in [6.07, 6.45) is 5.30. The molecule has 2 N–H and O–H groups in total. The highest BCUT2D eigenvalue weighted by Crippen LogP contribution is 2.31. The lowest BCUT2D eigenvalue weighted by atomic mass is 9.98. The summed E-state index contributed by atoms with van der Waals surface area (Å²) in [6, 6.07) is 2.20. The van der Waals surface area contributed by atoms with Crippen LogP contribution in [0.25, 0.3) is 0 Å². The molecule has 3 nitrogen and oxygen atoms in total. The molecule has 0 bridgehead atoms. The van der Waals surface area contributed by atoms with E-state index < -0.39 is 0 Å². The molecule has 82 valence electrons. The zero-order valence-electron chi connectivity index (χ0n) is 8.29. The molecular formula is C10H13BrClN3. The summed E-state index contributed by atoms with van der Waals surface area (Å²) in [5, 5.41) is 2.52. The fourth-order valence-electron chi connectivity index (χ4n) is 1.93. The van der Waals surface area contributed by atoms with Gasteiger partial charge >= 0.3 is 0 Å². The Bertz CT molecular complexity index is 359. The summed E-state index contributed by atoms with van der Waals surface area (Å²) in [5.41, 5.74) is 1.10. The van der Waals surface area contributed by atoms with Gasteiger partial charge in [0, 0.05) is 12.7 Å². The van der Waals surface area contributed by atoms with Crippen LogP contribution in [0.5, 0.6) is 0 Å². The Labute approximate surface area is 103 Å². The van der Waals surface area contributed by atoms with E-state index in [0.717, 1.165) is 18.5 Å². The summed E-state index contributed by atoms with van der Waals surface area (Å²) in [5.74, 6) is 5.95. The lowest BCUT2D eigenvalue weighted by Crippen LogP contribution is -2.38. The number of nitrogens with zero attached hydrogens (tertiary/aromatic N) is 2. The summed E-state index contributed by atoms with van der Waals surface area (Å²) in [4.78, 5) is 4.19. The minimum absolute atomic E-state index is 0.261. The quantitative estimate of drug-likeness (QED) is 0.639. The van der Waals surface area contributed by atoms with E-state index in [1.807, 2.05) is 17.3 Å². The highest BCUT2D eigenvalue weighted by atomic mass is 79.9. The Balaban J connectivity index is 2.24. The van der Waals surface area contributed by atoms with E-state index in [0.29, 0.717) is 9.63 Å². The number of pyridine rings is 1. The molecule has 0 saturated carbocycles. The van der Waals surface area contributed by atoms with Gasteiger partial charge in [0.2, 0.25) is 0 Å². The smallest absolute Gasteiger partial charge is 0.124 e. The van der Waals surface area contributed by atoms with Crippen molar-refractivity contribution in [2.75, 3.05) is 6.54 Å². The minimum Gasteiger partial charge on any atom is -0.268 e. The first-order chi connectivity index (χ1) is 7.18. The van der Waals surface area contributed by atoms with Gasteiger partial charge in [-0.05, 0) is 40.4 Å². The average Bonchev–Trinajstić information content (AvgIpc) is 2.23. The van der Waals surface area contributed by atoms with Crippen LogP contribution in [-0.4, -0.2) is 16.5 Å². The maximum absolute atomic E-state index is 6.01. The number of piperidine rings is 1. The largest absolute Gasteiger partial charge is 0.268 e. The summed E-state index contributed by atoms with van der Waals surface area (Å²) < 4.78 is 0.687. The molecule has 1 saturated heterocycles. The fourth-order valence-corrected chi connectivity index (χ4v) is 2.32. The topological polar surface area (TPSA) is 42.1 Å². The Morgan fingerprint density at radius 1 is 1.53 bits per heavy atom. The predicted molar refractivity (Wildman–Crippen MR) is 64.4 cm³/mol. The minimum atomic E-state index is 0.261. The number of halogens is 2. The van der Waals surface area contributed by atoms with Crippen molar-refractivity contribution in [3.63, 3.8) is 0 Å². The van der Waals surface area contributed by atoms with Crippen molar-refractivity contribution in [3.05, 3.63) is 27.5 Å². The molecule has 0 radical (unpaired) electrons. The molecule has 0 amide bonds. The summed E-state index contributed by atoms with van der Waals surface area (Å²) >= 11 is 9.29. The van der Waals surface area contributed by atoms with Crippen molar-refractivity contribution in [1.82, 2.24) is 9.99 Å². The number of aromatic nitrogens is 1. The Kier molecular flexibility index (Phi) is 3.61. The van der Waals surface area contributed by atoms with Crippen molar-refractivity contribution in [1.29, 1.82) is 0 Å². The molecule has 0 spiro atoms. The van der Waals surface area contributed by atoms with Crippen molar-refractivity contribution in [2.24, 2.45) is 5.84 Å². The predicted octanol–water partition coefficient (Wildman–Crippen LogP) is 2.90. The van der Waals surface area contributed by atoms with Gasteiger partial charge < -0.3 is 0 Å². The highest BCUT2D eigenvalue weighted by molar-refractivity contribution is 9.10. The molecular weight excluding hydrogens is 277 g/mol. The number of hydrogen-bond donors (Lipinski definition) is 1. The number of hydrogen-bond acceptors (Lipinski definition) is 3. The van der Waals surface area contributed by atoms with Gasteiger partial charge in [-0.1, -0.05) is 18.0 Å². The molecule has 1 aliphatic heterocycles. The van der Waals surface area contributed by atoms with E-state index in [4.69, 9.17) is 17.4 Å². The molecule has 1 fully saturated rings. The van der Waals surface area contributed by atoms with E-state index in [-0.39, 0.29) is 6.04 Å². The maximum Gasteiger partial charge on any atom is 0.124 e. The van der Waals surface area contributed by atoms with Crippen LogP contribution in [0.1, 0.15) is 30.9 Å². The third-order valence-corrected chi connectivity index (χ3v) is 3.89. The molecule has 15 heavy (non-hydrogen) atoms. The molecule has 0 aromatic carbocycles. The van der Waals surface area contributed by atoms with Gasteiger partial charge in [0.25, 0.3) is 0 Å². The second-order valence-electron chi connectivity index (χ2n) is 3.79. The first-order valence-electron chi connectivity index (χ1n) is 5.01. The van der Waals surface area contributed by atoms with Crippen LogP contribution >= 0.6 is 27.5 Å². The second kappa shape index (κ2) is 4.78. The van der Waals surface area contributed by atoms with Crippen molar-refractivity contribution in [2.45, 2.75) is 25.3 Å². The molecule has 1 aliphatic rings. The number of nitrogens with two attached hydrogens (primary N) is 1. The maximum atomic E-state index is 6.01. The van der Waals surface area contributed by atoms with Gasteiger partial charge in [0.05, 0.1) is 11.1 Å². The van der Waals surface area contributed by atoms with Gasteiger partial charge in [0.1, 0.15) is 4.60 Å². The number of hydrazine groups is 1. The molecule has 5 heteroatoms. The van der Waals surface area contributed by atoms with Gasteiger partial charge in [-0.2, -0.15) is 0 Å². The highest BCUT2D eigenvalue weighted by Gasteiger charge is 2.22. The molecule has 2 heterocycles. The standard InChI is InChI=1S/C10H13BrClN3/c11-10-8(12)5-7(6-14-10)9-3-1-2-4-15(9)13/h5-6,9H,1-4,13H2/t9-/m0/s1. The lowest BCUT2D eigenvalue weighted by molar-refractivity contribution is 0.151. The van der Waals surface area contributed by atoms with E-state index in [1.165, 1.54) is 12.8 Å². The average molecular weight is 291 g/mol. The van der Waals surface area contributed by atoms with Crippen molar-refractivity contribution < 1.29 is 0 Å². The van der Waals surface area contributed by atoms with Gasteiger partial charge in [0.15, 0.2) is 0 Å². The fraction of sp³-hybridized carbons (Fsp3) is 0.500. The SMILES string of the molecule is NN1CCCC[C@H]1c1cnc(Br)c(Cl)c1. The van der Waals surface area contributed by atoms with Gasteiger partial charge in [-0.15, -0.1) is 0 Å². The third-order valence-electron chi connectivity index (χ3n) is 2.75. The molecule has 1 aromatic heterocycles. The van der Waals surface area contributed by atoms with Crippen molar-refractivity contribution in [3.8, 4) is 0 Å². The molecule has 2 rings (SSSR count). The lowest BCUT2D eigenvalue weighted by Gasteiger charge is -2.31. The van der Waals surface area contributed by atoms with Crippen LogP contribution in [0.4, 0.5) is 0 Å². The van der Waals surface area contributed by atoms with Gasteiger partial charge in [-0.25, -0.2) is 9.99 Å². The zero-order chi connectivity index (χ0) is 10.8. The Hall–Kier alpha value is -0.160.